The Balaban J connectivity index is 2.52. The zero-order chi connectivity index (χ0) is 10.3. The van der Waals surface area contributed by atoms with E-state index in [4.69, 9.17) is 16.3 Å². The largest absolute Gasteiger partial charge is 0.489 e. The SMILES string of the molecule is CC(O)c1cc2c(c(Cl)n1)OCC2C. The number of aliphatic hydroxyl groups is 1. The molecule has 76 valence electrons. The number of aromatic nitrogens is 1. The third-order valence-electron chi connectivity index (χ3n) is 2.42. The summed E-state index contributed by atoms with van der Waals surface area (Å²) in [6.45, 7) is 4.37. The van der Waals surface area contributed by atoms with Crippen molar-refractivity contribution in [1.29, 1.82) is 0 Å². The molecule has 14 heavy (non-hydrogen) atoms. The number of aliphatic hydroxyl groups excluding tert-OH is 1. The molecule has 0 radical (unpaired) electrons. The molecule has 2 rings (SSSR count). The zero-order valence-electron chi connectivity index (χ0n) is 8.12. The van der Waals surface area contributed by atoms with Crippen molar-refractivity contribution in [2.24, 2.45) is 0 Å². The Kier molecular flexibility index (Phi) is 2.37. The van der Waals surface area contributed by atoms with Crippen LogP contribution >= 0.6 is 11.6 Å². The van der Waals surface area contributed by atoms with Crippen LogP contribution in [-0.2, 0) is 0 Å². The molecule has 1 aliphatic heterocycles. The van der Waals surface area contributed by atoms with Gasteiger partial charge in [-0.15, -0.1) is 0 Å². The molecule has 4 heteroatoms. The molecule has 1 aromatic heterocycles. The highest BCUT2D eigenvalue weighted by Gasteiger charge is 2.25. The molecule has 1 N–H and O–H groups in total. The fourth-order valence-electron chi connectivity index (χ4n) is 1.56. The maximum Gasteiger partial charge on any atom is 0.171 e. The maximum absolute atomic E-state index is 9.40. The van der Waals surface area contributed by atoms with E-state index in [1.807, 2.05) is 6.07 Å². The van der Waals surface area contributed by atoms with E-state index in [0.29, 0.717) is 29.1 Å². The fourth-order valence-corrected chi connectivity index (χ4v) is 1.82. The second-order valence-electron chi connectivity index (χ2n) is 3.64. The third-order valence-corrected chi connectivity index (χ3v) is 2.67. The highest BCUT2D eigenvalue weighted by Crippen LogP contribution is 2.39. The predicted octanol–water partition coefficient (Wildman–Crippen LogP) is 2.28. The maximum atomic E-state index is 9.40. The normalized spacial score (nSPS) is 21.6. The first-order valence-corrected chi connectivity index (χ1v) is 4.98. The van der Waals surface area contributed by atoms with Gasteiger partial charge >= 0.3 is 0 Å². The average Bonchev–Trinajstić information content (AvgIpc) is 2.48. The smallest absolute Gasteiger partial charge is 0.171 e. The summed E-state index contributed by atoms with van der Waals surface area (Å²) in [7, 11) is 0. The lowest BCUT2D eigenvalue weighted by Gasteiger charge is -2.08. The average molecular weight is 214 g/mol. The molecule has 0 spiro atoms. The van der Waals surface area contributed by atoms with Gasteiger partial charge in [-0.25, -0.2) is 4.98 Å². The van der Waals surface area contributed by atoms with Gasteiger partial charge in [-0.2, -0.15) is 0 Å². The Hall–Kier alpha value is -0.800. The summed E-state index contributed by atoms with van der Waals surface area (Å²) in [5, 5.41) is 9.75. The van der Waals surface area contributed by atoms with Gasteiger partial charge in [-0.3, -0.25) is 0 Å². The molecular formula is C10H12ClNO2. The molecule has 0 saturated heterocycles. The van der Waals surface area contributed by atoms with Gasteiger partial charge in [0.2, 0.25) is 0 Å². The van der Waals surface area contributed by atoms with Gasteiger partial charge in [0.1, 0.15) is 0 Å². The van der Waals surface area contributed by atoms with E-state index in [2.05, 4.69) is 11.9 Å². The van der Waals surface area contributed by atoms with Gasteiger partial charge in [0.05, 0.1) is 18.4 Å². The van der Waals surface area contributed by atoms with E-state index in [1.54, 1.807) is 6.92 Å². The molecule has 0 saturated carbocycles. The molecular weight excluding hydrogens is 202 g/mol. The summed E-state index contributed by atoms with van der Waals surface area (Å²) >= 11 is 5.94. The van der Waals surface area contributed by atoms with E-state index in [9.17, 15) is 5.11 Å². The minimum absolute atomic E-state index is 0.322. The first-order chi connectivity index (χ1) is 6.59. The number of hydrogen-bond donors (Lipinski definition) is 1. The first kappa shape index (κ1) is 9.74. The number of pyridine rings is 1. The second-order valence-corrected chi connectivity index (χ2v) is 4.00. The molecule has 0 aromatic carbocycles. The van der Waals surface area contributed by atoms with Crippen LogP contribution < -0.4 is 4.74 Å². The van der Waals surface area contributed by atoms with Crippen molar-refractivity contribution in [1.82, 2.24) is 4.98 Å². The molecule has 3 nitrogen and oxygen atoms in total. The van der Waals surface area contributed by atoms with Crippen molar-refractivity contribution in [3.63, 3.8) is 0 Å². The van der Waals surface area contributed by atoms with E-state index in [0.717, 1.165) is 5.56 Å². The monoisotopic (exact) mass is 213 g/mol. The van der Waals surface area contributed by atoms with Crippen molar-refractivity contribution in [2.75, 3.05) is 6.61 Å². The summed E-state index contributed by atoms with van der Waals surface area (Å²) in [6, 6.07) is 1.86. The number of halogens is 1. The quantitative estimate of drug-likeness (QED) is 0.728. The lowest BCUT2D eigenvalue weighted by atomic mass is 10.0. The molecule has 1 aromatic rings. The van der Waals surface area contributed by atoms with Crippen molar-refractivity contribution in [3.05, 3.63) is 22.5 Å². The molecule has 1 aliphatic rings. The number of rotatable bonds is 1. The van der Waals surface area contributed by atoms with Crippen LogP contribution in [0, 0.1) is 0 Å². The topological polar surface area (TPSA) is 42.4 Å². The van der Waals surface area contributed by atoms with Crippen LogP contribution in [0.2, 0.25) is 5.15 Å². The van der Waals surface area contributed by atoms with Crippen molar-refractivity contribution < 1.29 is 9.84 Å². The molecule has 2 heterocycles. The van der Waals surface area contributed by atoms with Crippen LogP contribution in [0.3, 0.4) is 0 Å². The third kappa shape index (κ3) is 1.47. The van der Waals surface area contributed by atoms with Crippen molar-refractivity contribution in [3.8, 4) is 5.75 Å². The summed E-state index contributed by atoms with van der Waals surface area (Å²) in [4.78, 5) is 4.07. The molecule has 2 atom stereocenters. The summed E-state index contributed by atoms with van der Waals surface area (Å²) in [5.41, 5.74) is 1.65. The van der Waals surface area contributed by atoms with Gasteiger partial charge in [-0.05, 0) is 13.0 Å². The summed E-state index contributed by atoms with van der Waals surface area (Å²) in [5.74, 6) is 0.992. The van der Waals surface area contributed by atoms with Crippen molar-refractivity contribution in [2.45, 2.75) is 25.9 Å². The van der Waals surface area contributed by atoms with E-state index >= 15 is 0 Å². The van der Waals surface area contributed by atoms with Crippen LogP contribution in [0.4, 0.5) is 0 Å². The van der Waals surface area contributed by atoms with Crippen LogP contribution in [-0.4, -0.2) is 16.7 Å². The van der Waals surface area contributed by atoms with E-state index < -0.39 is 6.10 Å². The van der Waals surface area contributed by atoms with Crippen LogP contribution in [0.5, 0.6) is 5.75 Å². The van der Waals surface area contributed by atoms with Crippen molar-refractivity contribution >= 4 is 11.6 Å². The molecule has 0 fully saturated rings. The van der Waals surface area contributed by atoms with Crippen LogP contribution in [0.1, 0.15) is 37.1 Å². The number of hydrogen-bond acceptors (Lipinski definition) is 3. The minimum atomic E-state index is -0.592. The highest BCUT2D eigenvalue weighted by molar-refractivity contribution is 6.31. The van der Waals surface area contributed by atoms with Gasteiger partial charge in [0.15, 0.2) is 10.9 Å². The van der Waals surface area contributed by atoms with Gasteiger partial charge in [0.25, 0.3) is 0 Å². The standard InChI is InChI=1S/C10H12ClNO2/c1-5-4-14-9-7(5)3-8(6(2)13)12-10(9)11/h3,5-6,13H,4H2,1-2H3. The zero-order valence-corrected chi connectivity index (χ0v) is 8.88. The number of ether oxygens (including phenoxy) is 1. The second kappa shape index (κ2) is 3.41. The molecule has 0 amide bonds. The molecule has 0 bridgehead atoms. The predicted molar refractivity (Wildman–Crippen MR) is 53.8 cm³/mol. The number of nitrogens with zero attached hydrogens (tertiary/aromatic N) is 1. The van der Waals surface area contributed by atoms with Gasteiger partial charge in [-0.1, -0.05) is 18.5 Å². The first-order valence-electron chi connectivity index (χ1n) is 4.60. The highest BCUT2D eigenvalue weighted by atomic mass is 35.5. The van der Waals surface area contributed by atoms with Gasteiger partial charge in [0, 0.05) is 11.5 Å². The lowest BCUT2D eigenvalue weighted by Crippen LogP contribution is -1.98. The Morgan fingerprint density at radius 1 is 1.71 bits per heavy atom. The van der Waals surface area contributed by atoms with E-state index in [1.165, 1.54) is 0 Å². The Morgan fingerprint density at radius 2 is 2.43 bits per heavy atom. The summed E-state index contributed by atoms with van der Waals surface area (Å²) < 4.78 is 5.40. The molecule has 0 aliphatic carbocycles. The van der Waals surface area contributed by atoms with Crippen LogP contribution in [0.15, 0.2) is 6.07 Å². The Morgan fingerprint density at radius 3 is 3.07 bits per heavy atom. The minimum Gasteiger partial charge on any atom is -0.489 e. The summed E-state index contributed by atoms with van der Waals surface area (Å²) in [6.07, 6.45) is -0.592. The van der Waals surface area contributed by atoms with Gasteiger partial charge < -0.3 is 9.84 Å². The van der Waals surface area contributed by atoms with Crippen LogP contribution in [0.25, 0.3) is 0 Å². The lowest BCUT2D eigenvalue weighted by molar-refractivity contribution is 0.194. The Labute approximate surface area is 87.7 Å². The molecule has 2 unspecified atom stereocenters. The fraction of sp³-hybridized carbons (Fsp3) is 0.500. The Bertz CT molecular complexity index is 365. The number of fused-ring (bicyclic) bond motifs is 1. The van der Waals surface area contributed by atoms with E-state index in [-0.39, 0.29) is 0 Å².